The van der Waals surface area contributed by atoms with Crippen molar-refractivity contribution in [2.45, 2.75) is 5.54 Å². The molecule has 0 amide bonds. The summed E-state index contributed by atoms with van der Waals surface area (Å²) in [6.07, 6.45) is 0. The van der Waals surface area contributed by atoms with Crippen molar-refractivity contribution < 1.29 is 14.3 Å². The van der Waals surface area contributed by atoms with Crippen LogP contribution in [0.4, 0.5) is 0 Å². The van der Waals surface area contributed by atoms with E-state index < -0.39 is 5.54 Å². The number of hydrogen-bond donors (Lipinski definition) is 1. The van der Waals surface area contributed by atoms with Gasteiger partial charge in [-0.1, -0.05) is 0 Å². The number of methoxy groups -OCH3 is 1. The van der Waals surface area contributed by atoms with Gasteiger partial charge in [0, 0.05) is 26.2 Å². The van der Waals surface area contributed by atoms with Gasteiger partial charge in [-0.2, -0.15) is 0 Å². The molecular weight excluding hydrogens is 184 g/mol. The molecule has 0 atom stereocenters. The Kier molecular flexibility index (Phi) is 2.71. The van der Waals surface area contributed by atoms with Crippen LogP contribution in [0.15, 0.2) is 0 Å². The van der Waals surface area contributed by atoms with E-state index in [9.17, 15) is 4.79 Å². The fourth-order valence-corrected chi connectivity index (χ4v) is 2.01. The van der Waals surface area contributed by atoms with Crippen LogP contribution in [0.2, 0.25) is 0 Å². The number of nitrogens with one attached hydrogen (secondary N) is 1. The maximum absolute atomic E-state index is 11.7. The van der Waals surface area contributed by atoms with Gasteiger partial charge >= 0.3 is 5.97 Å². The molecular formula is C9H16N2O3. The minimum Gasteiger partial charge on any atom is -0.467 e. The second-order valence-electron chi connectivity index (χ2n) is 3.75. The summed E-state index contributed by atoms with van der Waals surface area (Å²) in [7, 11) is 1.44. The average Bonchev–Trinajstić information content (AvgIpc) is 2.17. The van der Waals surface area contributed by atoms with E-state index in [1.54, 1.807) is 0 Å². The molecule has 0 bridgehead atoms. The number of esters is 1. The summed E-state index contributed by atoms with van der Waals surface area (Å²) in [5.74, 6) is -0.161. The highest BCUT2D eigenvalue weighted by Crippen LogP contribution is 2.26. The molecule has 0 aromatic carbocycles. The van der Waals surface area contributed by atoms with Crippen molar-refractivity contribution in [2.75, 3.05) is 46.5 Å². The molecule has 2 aliphatic heterocycles. The SMILES string of the molecule is COC(=O)C1(N2CCNCC2)COC1. The molecule has 0 aliphatic carbocycles. The summed E-state index contributed by atoms with van der Waals surface area (Å²) >= 11 is 0. The van der Waals surface area contributed by atoms with E-state index in [2.05, 4.69) is 10.2 Å². The van der Waals surface area contributed by atoms with Gasteiger partial charge in [-0.15, -0.1) is 0 Å². The van der Waals surface area contributed by atoms with Crippen LogP contribution in [0.25, 0.3) is 0 Å². The van der Waals surface area contributed by atoms with E-state index in [0.717, 1.165) is 26.2 Å². The Morgan fingerprint density at radius 1 is 1.43 bits per heavy atom. The molecule has 0 radical (unpaired) electrons. The lowest BCUT2D eigenvalue weighted by atomic mass is 9.94. The Hall–Kier alpha value is -0.650. The number of rotatable bonds is 2. The zero-order chi connectivity index (χ0) is 10.0. The summed E-state index contributed by atoms with van der Waals surface area (Å²) in [4.78, 5) is 13.8. The largest absolute Gasteiger partial charge is 0.467 e. The molecule has 0 aromatic heterocycles. The van der Waals surface area contributed by atoms with Gasteiger partial charge in [0.25, 0.3) is 0 Å². The normalized spacial score (nSPS) is 26.6. The molecule has 2 rings (SSSR count). The summed E-state index contributed by atoms with van der Waals surface area (Å²) in [6, 6.07) is 0. The number of ether oxygens (including phenoxy) is 2. The molecule has 2 heterocycles. The second kappa shape index (κ2) is 3.84. The van der Waals surface area contributed by atoms with Crippen LogP contribution in [0.3, 0.4) is 0 Å². The summed E-state index contributed by atoms with van der Waals surface area (Å²) in [6.45, 7) is 4.58. The van der Waals surface area contributed by atoms with E-state index in [1.165, 1.54) is 7.11 Å². The highest BCUT2D eigenvalue weighted by atomic mass is 16.6. The van der Waals surface area contributed by atoms with E-state index in [1.807, 2.05) is 0 Å². The molecule has 0 saturated carbocycles. The van der Waals surface area contributed by atoms with Crippen molar-refractivity contribution in [3.05, 3.63) is 0 Å². The monoisotopic (exact) mass is 200 g/mol. The van der Waals surface area contributed by atoms with Gasteiger partial charge in [-0.3, -0.25) is 4.90 Å². The molecule has 0 aromatic rings. The summed E-state index contributed by atoms with van der Waals surface area (Å²) < 4.78 is 9.98. The van der Waals surface area contributed by atoms with Crippen LogP contribution in [-0.2, 0) is 14.3 Å². The Labute approximate surface area is 83.3 Å². The lowest BCUT2D eigenvalue weighted by Gasteiger charge is -2.48. The van der Waals surface area contributed by atoms with Crippen LogP contribution >= 0.6 is 0 Å². The average molecular weight is 200 g/mol. The first-order valence-corrected chi connectivity index (χ1v) is 4.91. The fraction of sp³-hybridized carbons (Fsp3) is 0.889. The molecule has 5 heteroatoms. The third kappa shape index (κ3) is 1.41. The van der Waals surface area contributed by atoms with Crippen molar-refractivity contribution in [1.82, 2.24) is 10.2 Å². The molecule has 80 valence electrons. The van der Waals surface area contributed by atoms with E-state index >= 15 is 0 Å². The van der Waals surface area contributed by atoms with Crippen LogP contribution in [0.1, 0.15) is 0 Å². The van der Waals surface area contributed by atoms with Gasteiger partial charge in [-0.05, 0) is 0 Å². The van der Waals surface area contributed by atoms with Crippen LogP contribution < -0.4 is 5.32 Å². The van der Waals surface area contributed by atoms with Gasteiger partial charge in [-0.25, -0.2) is 4.79 Å². The molecule has 2 fully saturated rings. The van der Waals surface area contributed by atoms with Crippen LogP contribution in [-0.4, -0.2) is 62.9 Å². The first-order valence-electron chi connectivity index (χ1n) is 4.91. The highest BCUT2D eigenvalue weighted by molar-refractivity contribution is 5.82. The van der Waals surface area contributed by atoms with Crippen LogP contribution in [0, 0.1) is 0 Å². The van der Waals surface area contributed by atoms with Crippen molar-refractivity contribution in [2.24, 2.45) is 0 Å². The predicted molar refractivity (Wildman–Crippen MR) is 50.0 cm³/mol. The second-order valence-corrected chi connectivity index (χ2v) is 3.75. The van der Waals surface area contributed by atoms with Gasteiger partial charge < -0.3 is 14.8 Å². The van der Waals surface area contributed by atoms with E-state index in [-0.39, 0.29) is 5.97 Å². The number of carbonyl (C=O) groups is 1. The van der Waals surface area contributed by atoms with Gasteiger partial charge in [0.2, 0.25) is 0 Å². The standard InChI is InChI=1S/C9H16N2O3/c1-13-8(12)9(6-14-7-9)11-4-2-10-3-5-11/h10H,2-7H2,1H3. The zero-order valence-electron chi connectivity index (χ0n) is 8.41. The Morgan fingerprint density at radius 3 is 2.50 bits per heavy atom. The number of piperazine rings is 1. The lowest BCUT2D eigenvalue weighted by Crippen LogP contribution is -2.70. The quantitative estimate of drug-likeness (QED) is 0.569. The van der Waals surface area contributed by atoms with E-state index in [4.69, 9.17) is 9.47 Å². The van der Waals surface area contributed by atoms with Crippen molar-refractivity contribution in [1.29, 1.82) is 0 Å². The van der Waals surface area contributed by atoms with Crippen LogP contribution in [0.5, 0.6) is 0 Å². The van der Waals surface area contributed by atoms with Crippen molar-refractivity contribution >= 4 is 5.97 Å². The van der Waals surface area contributed by atoms with Gasteiger partial charge in [0.15, 0.2) is 5.54 Å². The first-order chi connectivity index (χ1) is 6.79. The number of carbonyl (C=O) groups excluding carboxylic acids is 1. The highest BCUT2D eigenvalue weighted by Gasteiger charge is 2.51. The molecule has 5 nitrogen and oxygen atoms in total. The van der Waals surface area contributed by atoms with Gasteiger partial charge in [0.05, 0.1) is 20.3 Å². The molecule has 1 N–H and O–H groups in total. The zero-order valence-corrected chi connectivity index (χ0v) is 8.41. The maximum atomic E-state index is 11.7. The Bertz CT molecular complexity index is 222. The topological polar surface area (TPSA) is 50.8 Å². The smallest absolute Gasteiger partial charge is 0.331 e. The Balaban J connectivity index is 2.06. The number of nitrogens with zero attached hydrogens (tertiary/aromatic N) is 1. The van der Waals surface area contributed by atoms with Gasteiger partial charge in [0.1, 0.15) is 0 Å². The number of hydrogen-bond acceptors (Lipinski definition) is 5. The molecule has 2 aliphatic rings. The molecule has 2 saturated heterocycles. The van der Waals surface area contributed by atoms with E-state index in [0.29, 0.717) is 13.2 Å². The first kappa shape index (κ1) is 9.89. The minimum absolute atomic E-state index is 0.161. The lowest BCUT2D eigenvalue weighted by molar-refractivity contribution is -0.191. The van der Waals surface area contributed by atoms with Crippen molar-refractivity contribution in [3.8, 4) is 0 Å². The molecule has 0 unspecified atom stereocenters. The fourth-order valence-electron chi connectivity index (χ4n) is 2.01. The summed E-state index contributed by atoms with van der Waals surface area (Å²) in [5, 5.41) is 3.26. The predicted octanol–water partition coefficient (Wildman–Crippen LogP) is -1.17. The molecule has 14 heavy (non-hydrogen) atoms. The minimum atomic E-state index is -0.489. The third-order valence-corrected chi connectivity index (χ3v) is 2.97. The summed E-state index contributed by atoms with van der Waals surface area (Å²) in [5.41, 5.74) is -0.489. The maximum Gasteiger partial charge on any atom is 0.331 e. The third-order valence-electron chi connectivity index (χ3n) is 2.97. The Morgan fingerprint density at radius 2 is 2.07 bits per heavy atom. The van der Waals surface area contributed by atoms with Crippen molar-refractivity contribution in [3.63, 3.8) is 0 Å². The molecule has 0 spiro atoms.